The lowest BCUT2D eigenvalue weighted by Gasteiger charge is -2.46. The van der Waals surface area contributed by atoms with Gasteiger partial charge in [-0.3, -0.25) is 14.5 Å². The van der Waals surface area contributed by atoms with Gasteiger partial charge < -0.3 is 19.1 Å². The van der Waals surface area contributed by atoms with Crippen LogP contribution in [0.1, 0.15) is 36.5 Å². The molecule has 1 fully saturated rings. The van der Waals surface area contributed by atoms with Crippen LogP contribution in [0.15, 0.2) is 48.5 Å². The van der Waals surface area contributed by atoms with Gasteiger partial charge in [0.25, 0.3) is 5.91 Å². The Kier molecular flexibility index (Phi) is 6.03. The number of rotatable bonds is 8. The molecule has 2 aromatic rings. The van der Waals surface area contributed by atoms with Gasteiger partial charge in [0.15, 0.2) is 0 Å². The number of hydrogen-bond acceptors (Lipinski definition) is 6. The van der Waals surface area contributed by atoms with E-state index in [1.165, 1.54) is 16.8 Å². The first-order valence-corrected chi connectivity index (χ1v) is 10.7. The molecule has 4 rings (SSSR count). The number of amides is 2. The van der Waals surface area contributed by atoms with Crippen LogP contribution >= 0.6 is 0 Å². The molecule has 2 aliphatic rings. The number of carbonyl (C=O) groups is 3. The van der Waals surface area contributed by atoms with E-state index < -0.39 is 11.6 Å². The number of benzene rings is 2. The normalized spacial score (nSPS) is 19.4. The van der Waals surface area contributed by atoms with Crippen molar-refractivity contribution in [3.63, 3.8) is 0 Å². The summed E-state index contributed by atoms with van der Waals surface area (Å²) < 4.78 is 16.7. The average Bonchev–Trinajstić information content (AvgIpc) is 3.18. The van der Waals surface area contributed by atoms with E-state index in [1.807, 2.05) is 19.1 Å². The van der Waals surface area contributed by atoms with Gasteiger partial charge in [-0.05, 0) is 42.8 Å². The number of anilines is 1. The van der Waals surface area contributed by atoms with E-state index in [4.69, 9.17) is 14.2 Å². The molecule has 0 aliphatic carbocycles. The summed E-state index contributed by atoms with van der Waals surface area (Å²) in [7, 11) is 1.53. The van der Waals surface area contributed by atoms with Crippen LogP contribution < -0.4 is 14.4 Å². The highest BCUT2D eigenvalue weighted by atomic mass is 16.6. The molecule has 0 bridgehead atoms. The molecular weight excluding hydrogens is 412 g/mol. The highest BCUT2D eigenvalue weighted by Gasteiger charge is 2.60. The van der Waals surface area contributed by atoms with Gasteiger partial charge in [-0.2, -0.15) is 0 Å². The topological polar surface area (TPSA) is 85.4 Å². The van der Waals surface area contributed by atoms with Crippen molar-refractivity contribution in [1.82, 2.24) is 4.90 Å². The predicted octanol–water partition coefficient (Wildman–Crippen LogP) is 3.01. The molecule has 32 heavy (non-hydrogen) atoms. The summed E-state index contributed by atoms with van der Waals surface area (Å²) in [5.74, 6) is 0.224. The Labute approximate surface area is 186 Å². The van der Waals surface area contributed by atoms with Crippen LogP contribution in [0.2, 0.25) is 0 Å². The summed E-state index contributed by atoms with van der Waals surface area (Å²) in [6.07, 6.45) is 1.27. The quantitative estimate of drug-likeness (QED) is 0.465. The maximum absolute atomic E-state index is 13.2. The fraction of sp³-hybridized carbons (Fsp3) is 0.375. The summed E-state index contributed by atoms with van der Waals surface area (Å²) >= 11 is 0. The minimum Gasteiger partial charge on any atom is -0.494 e. The maximum atomic E-state index is 13.2. The molecular formula is C24H26N2O6. The number of carbonyl (C=O) groups excluding carboxylic acids is 3. The third-order valence-electron chi connectivity index (χ3n) is 5.75. The first-order valence-electron chi connectivity index (χ1n) is 10.7. The van der Waals surface area contributed by atoms with Crippen molar-refractivity contribution < 1.29 is 28.6 Å². The van der Waals surface area contributed by atoms with Gasteiger partial charge in [0.1, 0.15) is 24.7 Å². The summed E-state index contributed by atoms with van der Waals surface area (Å²) in [4.78, 5) is 41.5. The Morgan fingerprint density at radius 3 is 2.31 bits per heavy atom. The molecule has 0 unspecified atom stereocenters. The number of likely N-dealkylation sites (N-methyl/N-ethyl adjacent to an activating group) is 1. The fourth-order valence-electron chi connectivity index (χ4n) is 4.15. The van der Waals surface area contributed by atoms with Crippen molar-refractivity contribution in [2.24, 2.45) is 0 Å². The van der Waals surface area contributed by atoms with E-state index in [0.717, 1.165) is 12.2 Å². The van der Waals surface area contributed by atoms with E-state index in [2.05, 4.69) is 0 Å². The van der Waals surface area contributed by atoms with Gasteiger partial charge in [-0.25, -0.2) is 4.79 Å². The van der Waals surface area contributed by atoms with Crippen LogP contribution in [-0.2, 0) is 14.3 Å². The number of ether oxygens (including phenoxy) is 3. The van der Waals surface area contributed by atoms with E-state index in [9.17, 15) is 14.4 Å². The van der Waals surface area contributed by atoms with Crippen molar-refractivity contribution in [2.45, 2.75) is 31.8 Å². The van der Waals surface area contributed by atoms with Gasteiger partial charge in [0.05, 0.1) is 17.9 Å². The van der Waals surface area contributed by atoms with Crippen LogP contribution in [0.4, 0.5) is 5.69 Å². The molecule has 8 heteroatoms. The third-order valence-corrected chi connectivity index (χ3v) is 5.75. The molecule has 0 radical (unpaired) electrons. The van der Waals surface area contributed by atoms with Gasteiger partial charge in [-0.15, -0.1) is 0 Å². The van der Waals surface area contributed by atoms with Crippen molar-refractivity contribution in [3.05, 3.63) is 54.1 Å². The van der Waals surface area contributed by atoms with Crippen molar-refractivity contribution in [3.8, 4) is 11.5 Å². The fourth-order valence-corrected chi connectivity index (χ4v) is 4.15. The number of hydrogen-bond donors (Lipinski definition) is 0. The second kappa shape index (κ2) is 8.90. The first-order chi connectivity index (χ1) is 15.5. The Bertz CT molecular complexity index is 1020. The van der Waals surface area contributed by atoms with Gasteiger partial charge in [0, 0.05) is 19.9 Å². The molecule has 0 saturated carbocycles. The number of nitrogens with zero attached hydrogens (tertiary/aromatic N) is 2. The minimum absolute atomic E-state index is 0.0135. The maximum Gasteiger partial charge on any atom is 0.353 e. The summed E-state index contributed by atoms with van der Waals surface area (Å²) in [5, 5.41) is 0. The molecule has 8 nitrogen and oxygen atoms in total. The second-order valence-corrected chi connectivity index (χ2v) is 7.73. The predicted molar refractivity (Wildman–Crippen MR) is 117 cm³/mol. The summed E-state index contributed by atoms with van der Waals surface area (Å²) in [6.45, 7) is 2.82. The van der Waals surface area contributed by atoms with Crippen molar-refractivity contribution in [1.29, 1.82) is 0 Å². The van der Waals surface area contributed by atoms with Crippen molar-refractivity contribution in [2.75, 3.05) is 31.8 Å². The zero-order chi connectivity index (χ0) is 22.7. The number of para-hydroxylation sites is 1. The smallest absolute Gasteiger partial charge is 0.353 e. The zero-order valence-electron chi connectivity index (χ0n) is 18.2. The Morgan fingerprint density at radius 2 is 1.62 bits per heavy atom. The van der Waals surface area contributed by atoms with Gasteiger partial charge in [-0.1, -0.05) is 19.1 Å². The van der Waals surface area contributed by atoms with E-state index in [0.29, 0.717) is 23.6 Å². The van der Waals surface area contributed by atoms with Gasteiger partial charge >= 0.3 is 5.97 Å². The number of esters is 1. The molecule has 0 spiro atoms. The SMILES string of the molecule is CCCOc1ccc(OCCOC(=O)[C@]23CCC(=O)N2c2ccccc2C(=O)N3C)cc1. The molecule has 168 valence electrons. The standard InChI is InChI=1S/C24H26N2O6/c1-3-14-30-17-8-10-18(11-9-17)31-15-16-32-23(29)24-13-12-21(27)26(24)20-7-5-4-6-19(20)22(28)25(24)2/h4-11H,3,12-16H2,1-2H3/t24-/m0/s1. The van der Waals surface area contributed by atoms with Crippen LogP contribution in [-0.4, -0.2) is 55.2 Å². The zero-order valence-corrected chi connectivity index (χ0v) is 18.2. The largest absolute Gasteiger partial charge is 0.494 e. The summed E-state index contributed by atoms with van der Waals surface area (Å²) in [5.41, 5.74) is -0.638. The molecule has 0 N–H and O–H groups in total. The van der Waals surface area contributed by atoms with Crippen LogP contribution in [0, 0.1) is 0 Å². The lowest BCUT2D eigenvalue weighted by molar-refractivity contribution is -0.157. The van der Waals surface area contributed by atoms with Crippen LogP contribution in [0.3, 0.4) is 0 Å². The van der Waals surface area contributed by atoms with E-state index >= 15 is 0 Å². The molecule has 2 aliphatic heterocycles. The van der Waals surface area contributed by atoms with E-state index in [-0.39, 0.29) is 37.9 Å². The minimum atomic E-state index is -1.47. The summed E-state index contributed by atoms with van der Waals surface area (Å²) in [6, 6.07) is 14.0. The molecule has 0 aromatic heterocycles. The first kappa shape index (κ1) is 21.7. The highest BCUT2D eigenvalue weighted by molar-refractivity contribution is 6.15. The Hall–Kier alpha value is -3.55. The Balaban J connectivity index is 1.41. The highest BCUT2D eigenvalue weighted by Crippen LogP contribution is 2.44. The van der Waals surface area contributed by atoms with Crippen LogP contribution in [0.5, 0.6) is 11.5 Å². The Morgan fingerprint density at radius 1 is 0.969 bits per heavy atom. The molecule has 2 aromatic carbocycles. The molecule has 1 atom stereocenters. The molecule has 2 amide bonds. The van der Waals surface area contributed by atoms with Gasteiger partial charge in [0.2, 0.25) is 11.6 Å². The lowest BCUT2D eigenvalue weighted by Crippen LogP contribution is -2.67. The molecule has 2 heterocycles. The van der Waals surface area contributed by atoms with Crippen LogP contribution in [0.25, 0.3) is 0 Å². The van der Waals surface area contributed by atoms with E-state index in [1.54, 1.807) is 36.4 Å². The molecule has 1 saturated heterocycles. The number of fused-ring (bicyclic) bond motifs is 3. The second-order valence-electron chi connectivity index (χ2n) is 7.73. The third kappa shape index (κ3) is 3.66. The monoisotopic (exact) mass is 438 g/mol. The average molecular weight is 438 g/mol. The van der Waals surface area contributed by atoms with Crippen molar-refractivity contribution >= 4 is 23.5 Å². The lowest BCUT2D eigenvalue weighted by atomic mass is 9.97.